The molecular weight excluding hydrogens is 230 g/mol. The SMILES string of the molecule is CCC1OCCC1CNC1CCC(C(=O)O)CC1. The normalized spacial score (nSPS) is 36.7. The molecule has 2 atom stereocenters. The van der Waals surface area contributed by atoms with Crippen molar-refractivity contribution in [2.24, 2.45) is 11.8 Å². The third-order valence-corrected chi connectivity index (χ3v) is 4.49. The first kappa shape index (κ1) is 13.8. The average Bonchev–Trinajstić information content (AvgIpc) is 2.84. The van der Waals surface area contributed by atoms with Gasteiger partial charge in [-0.3, -0.25) is 4.79 Å². The summed E-state index contributed by atoms with van der Waals surface area (Å²) in [5.41, 5.74) is 0. The highest BCUT2D eigenvalue weighted by atomic mass is 16.5. The molecule has 104 valence electrons. The summed E-state index contributed by atoms with van der Waals surface area (Å²) in [7, 11) is 0. The van der Waals surface area contributed by atoms with E-state index in [0.29, 0.717) is 18.1 Å². The number of carboxylic acids is 1. The Labute approximate surface area is 109 Å². The molecule has 1 aliphatic carbocycles. The molecule has 2 N–H and O–H groups in total. The first-order valence-electron chi connectivity index (χ1n) is 7.28. The lowest BCUT2D eigenvalue weighted by Crippen LogP contribution is -2.39. The molecule has 0 amide bonds. The molecule has 1 aliphatic heterocycles. The number of hydrogen-bond donors (Lipinski definition) is 2. The number of nitrogens with one attached hydrogen (secondary N) is 1. The molecule has 2 fully saturated rings. The van der Waals surface area contributed by atoms with Gasteiger partial charge in [-0.05, 0) is 44.4 Å². The lowest BCUT2D eigenvalue weighted by molar-refractivity contribution is -0.142. The third kappa shape index (κ3) is 3.45. The van der Waals surface area contributed by atoms with Crippen LogP contribution in [0.4, 0.5) is 0 Å². The predicted molar refractivity (Wildman–Crippen MR) is 69.5 cm³/mol. The Morgan fingerprint density at radius 3 is 2.61 bits per heavy atom. The van der Waals surface area contributed by atoms with E-state index in [-0.39, 0.29) is 5.92 Å². The van der Waals surface area contributed by atoms with E-state index in [1.807, 2.05) is 0 Å². The fourth-order valence-electron chi connectivity index (χ4n) is 3.24. The molecular formula is C14H25NO3. The summed E-state index contributed by atoms with van der Waals surface area (Å²) in [6, 6.07) is 0.513. The van der Waals surface area contributed by atoms with E-state index in [4.69, 9.17) is 9.84 Å². The predicted octanol–water partition coefficient (Wildman–Crippen LogP) is 2.03. The van der Waals surface area contributed by atoms with Crippen LogP contribution in [-0.2, 0) is 9.53 Å². The second-order valence-corrected chi connectivity index (χ2v) is 5.66. The van der Waals surface area contributed by atoms with Gasteiger partial charge in [-0.2, -0.15) is 0 Å². The molecule has 0 bridgehead atoms. The van der Waals surface area contributed by atoms with Gasteiger partial charge in [0.15, 0.2) is 0 Å². The molecule has 1 saturated carbocycles. The summed E-state index contributed by atoms with van der Waals surface area (Å²) in [6.45, 7) is 4.11. The number of carboxylic acid groups (broad SMARTS) is 1. The lowest BCUT2D eigenvalue weighted by Gasteiger charge is -2.28. The van der Waals surface area contributed by atoms with Gasteiger partial charge in [0.2, 0.25) is 0 Å². The van der Waals surface area contributed by atoms with Crippen molar-refractivity contribution in [3.8, 4) is 0 Å². The Kier molecular flexibility index (Phi) is 5.01. The zero-order chi connectivity index (χ0) is 13.0. The van der Waals surface area contributed by atoms with Crippen molar-refractivity contribution in [3.63, 3.8) is 0 Å². The third-order valence-electron chi connectivity index (χ3n) is 4.49. The topological polar surface area (TPSA) is 58.6 Å². The maximum absolute atomic E-state index is 10.9. The van der Waals surface area contributed by atoms with Crippen LogP contribution in [0.3, 0.4) is 0 Å². The van der Waals surface area contributed by atoms with Crippen molar-refractivity contribution in [2.75, 3.05) is 13.2 Å². The van der Waals surface area contributed by atoms with E-state index in [9.17, 15) is 4.79 Å². The minimum absolute atomic E-state index is 0.110. The van der Waals surface area contributed by atoms with Gasteiger partial charge < -0.3 is 15.2 Å². The number of carbonyl (C=O) groups is 1. The van der Waals surface area contributed by atoms with Crippen LogP contribution < -0.4 is 5.32 Å². The number of aliphatic carboxylic acids is 1. The van der Waals surface area contributed by atoms with Gasteiger partial charge in [-0.15, -0.1) is 0 Å². The highest BCUT2D eigenvalue weighted by Gasteiger charge is 2.29. The Morgan fingerprint density at radius 1 is 1.28 bits per heavy atom. The van der Waals surface area contributed by atoms with Gasteiger partial charge in [-0.1, -0.05) is 6.92 Å². The van der Waals surface area contributed by atoms with Crippen molar-refractivity contribution in [1.29, 1.82) is 0 Å². The van der Waals surface area contributed by atoms with Crippen LogP contribution >= 0.6 is 0 Å². The van der Waals surface area contributed by atoms with Gasteiger partial charge in [0.25, 0.3) is 0 Å². The van der Waals surface area contributed by atoms with Gasteiger partial charge in [-0.25, -0.2) is 0 Å². The summed E-state index contributed by atoms with van der Waals surface area (Å²) >= 11 is 0. The fourth-order valence-corrected chi connectivity index (χ4v) is 3.24. The second-order valence-electron chi connectivity index (χ2n) is 5.66. The van der Waals surface area contributed by atoms with Gasteiger partial charge in [0, 0.05) is 19.2 Å². The summed E-state index contributed by atoms with van der Waals surface area (Å²) in [4.78, 5) is 10.9. The molecule has 1 saturated heterocycles. The molecule has 2 aliphatic rings. The lowest BCUT2D eigenvalue weighted by atomic mass is 9.86. The molecule has 0 aromatic heterocycles. The minimum atomic E-state index is -0.622. The molecule has 0 aromatic carbocycles. The fraction of sp³-hybridized carbons (Fsp3) is 0.929. The number of rotatable bonds is 5. The quantitative estimate of drug-likeness (QED) is 0.789. The molecule has 2 rings (SSSR count). The average molecular weight is 255 g/mol. The molecule has 1 heterocycles. The molecule has 0 radical (unpaired) electrons. The van der Waals surface area contributed by atoms with Crippen LogP contribution in [-0.4, -0.2) is 36.4 Å². The first-order chi connectivity index (χ1) is 8.70. The summed E-state index contributed by atoms with van der Waals surface area (Å²) < 4.78 is 5.69. The van der Waals surface area contributed by atoms with Crippen molar-refractivity contribution >= 4 is 5.97 Å². The van der Waals surface area contributed by atoms with Gasteiger partial charge in [0.1, 0.15) is 0 Å². The molecule has 4 nitrogen and oxygen atoms in total. The zero-order valence-corrected chi connectivity index (χ0v) is 11.2. The summed E-state index contributed by atoms with van der Waals surface area (Å²) in [6.07, 6.45) is 6.33. The van der Waals surface area contributed by atoms with E-state index < -0.39 is 5.97 Å². The molecule has 0 aromatic rings. The second kappa shape index (κ2) is 6.53. The Bertz CT molecular complexity index is 274. The monoisotopic (exact) mass is 255 g/mol. The number of ether oxygens (including phenoxy) is 1. The smallest absolute Gasteiger partial charge is 0.306 e. The van der Waals surface area contributed by atoms with Crippen LogP contribution in [0.2, 0.25) is 0 Å². The van der Waals surface area contributed by atoms with Crippen LogP contribution in [0.25, 0.3) is 0 Å². The van der Waals surface area contributed by atoms with Crippen LogP contribution in [0, 0.1) is 11.8 Å². The van der Waals surface area contributed by atoms with E-state index in [1.54, 1.807) is 0 Å². The Morgan fingerprint density at radius 2 is 2.00 bits per heavy atom. The molecule has 0 spiro atoms. The van der Waals surface area contributed by atoms with Crippen molar-refractivity contribution in [1.82, 2.24) is 5.32 Å². The Balaban J connectivity index is 1.67. The van der Waals surface area contributed by atoms with Crippen LogP contribution in [0.15, 0.2) is 0 Å². The van der Waals surface area contributed by atoms with Crippen molar-refractivity contribution in [3.05, 3.63) is 0 Å². The molecule has 18 heavy (non-hydrogen) atoms. The first-order valence-corrected chi connectivity index (χ1v) is 7.28. The molecule has 4 heteroatoms. The highest BCUT2D eigenvalue weighted by Crippen LogP contribution is 2.26. The standard InChI is InChI=1S/C14H25NO3/c1-2-13-11(7-8-18-13)9-15-12-5-3-10(4-6-12)14(16)17/h10-13,15H,2-9H2,1H3,(H,16,17). The van der Waals surface area contributed by atoms with E-state index in [0.717, 1.165) is 51.7 Å². The maximum Gasteiger partial charge on any atom is 0.306 e. The number of hydrogen-bond acceptors (Lipinski definition) is 3. The van der Waals surface area contributed by atoms with E-state index in [2.05, 4.69) is 12.2 Å². The van der Waals surface area contributed by atoms with Gasteiger partial charge in [0.05, 0.1) is 12.0 Å². The minimum Gasteiger partial charge on any atom is -0.481 e. The van der Waals surface area contributed by atoms with Gasteiger partial charge >= 0.3 is 5.97 Å². The van der Waals surface area contributed by atoms with E-state index in [1.165, 1.54) is 0 Å². The van der Waals surface area contributed by atoms with Crippen molar-refractivity contribution in [2.45, 2.75) is 57.6 Å². The van der Waals surface area contributed by atoms with E-state index >= 15 is 0 Å². The molecule has 2 unspecified atom stereocenters. The maximum atomic E-state index is 10.9. The zero-order valence-electron chi connectivity index (χ0n) is 11.2. The van der Waals surface area contributed by atoms with Crippen LogP contribution in [0.5, 0.6) is 0 Å². The van der Waals surface area contributed by atoms with Crippen LogP contribution in [0.1, 0.15) is 45.4 Å². The highest BCUT2D eigenvalue weighted by molar-refractivity contribution is 5.70. The largest absolute Gasteiger partial charge is 0.481 e. The van der Waals surface area contributed by atoms with Crippen molar-refractivity contribution < 1.29 is 14.6 Å². The Hall–Kier alpha value is -0.610. The summed E-state index contributed by atoms with van der Waals surface area (Å²) in [5.74, 6) is -0.0860. The summed E-state index contributed by atoms with van der Waals surface area (Å²) in [5, 5.41) is 12.6.